The first-order valence-electron chi connectivity index (χ1n) is 5.42. The Morgan fingerprint density at radius 2 is 1.88 bits per heavy atom. The van der Waals surface area contributed by atoms with E-state index in [1.165, 1.54) is 0 Å². The quantitative estimate of drug-likeness (QED) is 0.927. The SMILES string of the molecule is Cc1ccc(Br)cc1Oc1ccccc1CN. The molecule has 3 heteroatoms. The maximum atomic E-state index is 5.90. The number of benzene rings is 2. The van der Waals surface area contributed by atoms with Crippen LogP contribution in [0.1, 0.15) is 11.1 Å². The van der Waals surface area contributed by atoms with Gasteiger partial charge in [0, 0.05) is 16.6 Å². The first kappa shape index (κ1) is 12.1. The normalized spacial score (nSPS) is 10.3. The molecule has 0 radical (unpaired) electrons. The Morgan fingerprint density at radius 1 is 1.12 bits per heavy atom. The number of halogens is 1. The van der Waals surface area contributed by atoms with Crippen LogP contribution >= 0.6 is 15.9 Å². The van der Waals surface area contributed by atoms with Crippen molar-refractivity contribution in [1.29, 1.82) is 0 Å². The standard InChI is InChI=1S/C14H14BrNO/c1-10-6-7-12(15)8-14(10)17-13-5-3-2-4-11(13)9-16/h2-8H,9,16H2,1H3. The van der Waals surface area contributed by atoms with Crippen molar-refractivity contribution in [3.63, 3.8) is 0 Å². The molecule has 0 aliphatic heterocycles. The van der Waals surface area contributed by atoms with Crippen molar-refractivity contribution in [2.45, 2.75) is 13.5 Å². The number of aryl methyl sites for hydroxylation is 1. The van der Waals surface area contributed by atoms with Crippen molar-refractivity contribution in [3.05, 3.63) is 58.1 Å². The molecule has 2 nitrogen and oxygen atoms in total. The van der Waals surface area contributed by atoms with Gasteiger partial charge < -0.3 is 10.5 Å². The molecule has 2 aromatic carbocycles. The lowest BCUT2D eigenvalue weighted by Crippen LogP contribution is -1.99. The second-order valence-corrected chi connectivity index (χ2v) is 4.74. The number of ether oxygens (including phenoxy) is 1. The van der Waals surface area contributed by atoms with Crippen LogP contribution in [0.25, 0.3) is 0 Å². The van der Waals surface area contributed by atoms with E-state index in [2.05, 4.69) is 15.9 Å². The predicted molar refractivity (Wildman–Crippen MR) is 73.3 cm³/mol. The Labute approximate surface area is 110 Å². The van der Waals surface area contributed by atoms with Crippen molar-refractivity contribution < 1.29 is 4.74 Å². The fourth-order valence-corrected chi connectivity index (χ4v) is 1.91. The largest absolute Gasteiger partial charge is 0.457 e. The third kappa shape index (κ3) is 2.87. The highest BCUT2D eigenvalue weighted by Crippen LogP contribution is 2.29. The van der Waals surface area contributed by atoms with Crippen molar-refractivity contribution in [3.8, 4) is 11.5 Å². The van der Waals surface area contributed by atoms with Gasteiger partial charge in [0.1, 0.15) is 11.5 Å². The summed E-state index contributed by atoms with van der Waals surface area (Å²) in [5.41, 5.74) is 7.79. The molecule has 0 amide bonds. The van der Waals surface area contributed by atoms with Crippen LogP contribution in [0.15, 0.2) is 46.9 Å². The van der Waals surface area contributed by atoms with Crippen molar-refractivity contribution in [2.75, 3.05) is 0 Å². The maximum absolute atomic E-state index is 5.90. The van der Waals surface area contributed by atoms with E-state index in [1.54, 1.807) is 0 Å². The lowest BCUT2D eigenvalue weighted by atomic mass is 10.2. The van der Waals surface area contributed by atoms with Gasteiger partial charge in [0.25, 0.3) is 0 Å². The number of rotatable bonds is 3. The zero-order valence-corrected chi connectivity index (χ0v) is 11.2. The van der Waals surface area contributed by atoms with Crippen LogP contribution in [-0.4, -0.2) is 0 Å². The Kier molecular flexibility index (Phi) is 3.82. The number of hydrogen-bond donors (Lipinski definition) is 1. The molecule has 0 aliphatic carbocycles. The molecular formula is C14H14BrNO. The molecule has 2 N–H and O–H groups in total. The minimum Gasteiger partial charge on any atom is -0.457 e. The summed E-state index contributed by atoms with van der Waals surface area (Å²) < 4.78 is 6.91. The summed E-state index contributed by atoms with van der Waals surface area (Å²) in [5.74, 6) is 1.66. The second-order valence-electron chi connectivity index (χ2n) is 3.82. The van der Waals surface area contributed by atoms with Crippen LogP contribution in [0.5, 0.6) is 11.5 Å². The maximum Gasteiger partial charge on any atom is 0.131 e. The molecule has 0 aliphatic rings. The molecular weight excluding hydrogens is 278 g/mol. The average Bonchev–Trinajstić information content (AvgIpc) is 2.34. The minimum atomic E-state index is 0.475. The van der Waals surface area contributed by atoms with Crippen LogP contribution in [0.3, 0.4) is 0 Å². The summed E-state index contributed by atoms with van der Waals surface area (Å²) in [4.78, 5) is 0. The molecule has 0 bridgehead atoms. The molecule has 0 atom stereocenters. The van der Waals surface area contributed by atoms with E-state index < -0.39 is 0 Å². The summed E-state index contributed by atoms with van der Waals surface area (Å²) in [6, 6.07) is 13.8. The fourth-order valence-electron chi connectivity index (χ4n) is 1.57. The third-order valence-corrected chi connectivity index (χ3v) is 3.06. The summed E-state index contributed by atoms with van der Waals surface area (Å²) >= 11 is 3.44. The lowest BCUT2D eigenvalue weighted by molar-refractivity contribution is 0.472. The Balaban J connectivity index is 2.34. The van der Waals surface area contributed by atoms with Gasteiger partial charge in [-0.15, -0.1) is 0 Å². The van der Waals surface area contributed by atoms with Gasteiger partial charge in [-0.1, -0.05) is 40.2 Å². The van der Waals surface area contributed by atoms with Crippen molar-refractivity contribution in [1.82, 2.24) is 0 Å². The van der Waals surface area contributed by atoms with Gasteiger partial charge in [0.15, 0.2) is 0 Å². The van der Waals surface area contributed by atoms with Crippen LogP contribution < -0.4 is 10.5 Å². The summed E-state index contributed by atoms with van der Waals surface area (Å²) in [7, 11) is 0. The van der Waals surface area contributed by atoms with E-state index in [9.17, 15) is 0 Å². The molecule has 88 valence electrons. The first-order valence-corrected chi connectivity index (χ1v) is 6.22. The van der Waals surface area contributed by atoms with Crippen LogP contribution in [0, 0.1) is 6.92 Å². The van der Waals surface area contributed by atoms with Gasteiger partial charge in [-0.25, -0.2) is 0 Å². The van der Waals surface area contributed by atoms with Gasteiger partial charge in [-0.2, -0.15) is 0 Å². The number of hydrogen-bond acceptors (Lipinski definition) is 2. The minimum absolute atomic E-state index is 0.475. The zero-order chi connectivity index (χ0) is 12.3. The van der Waals surface area contributed by atoms with Crippen LogP contribution in [-0.2, 0) is 6.54 Å². The van der Waals surface area contributed by atoms with E-state index in [0.29, 0.717) is 6.54 Å². The Hall–Kier alpha value is -1.32. The summed E-state index contributed by atoms with van der Waals surface area (Å²) in [6.45, 7) is 2.50. The smallest absolute Gasteiger partial charge is 0.131 e. The molecule has 0 unspecified atom stereocenters. The predicted octanol–water partition coefficient (Wildman–Crippen LogP) is 4.01. The molecule has 2 aromatic rings. The molecule has 0 saturated heterocycles. The van der Waals surface area contributed by atoms with Gasteiger partial charge in [-0.05, 0) is 30.7 Å². The third-order valence-electron chi connectivity index (χ3n) is 2.56. The number of para-hydroxylation sites is 1. The van der Waals surface area contributed by atoms with Crippen molar-refractivity contribution in [2.24, 2.45) is 5.73 Å². The van der Waals surface area contributed by atoms with E-state index in [1.807, 2.05) is 49.4 Å². The van der Waals surface area contributed by atoms with Crippen LogP contribution in [0.2, 0.25) is 0 Å². The molecule has 0 aromatic heterocycles. The average molecular weight is 292 g/mol. The van der Waals surface area contributed by atoms with Crippen LogP contribution in [0.4, 0.5) is 0 Å². The van der Waals surface area contributed by atoms with E-state index in [-0.39, 0.29) is 0 Å². The Bertz CT molecular complexity index is 525. The molecule has 17 heavy (non-hydrogen) atoms. The van der Waals surface area contributed by atoms with E-state index >= 15 is 0 Å². The van der Waals surface area contributed by atoms with Crippen molar-refractivity contribution >= 4 is 15.9 Å². The molecule has 0 spiro atoms. The lowest BCUT2D eigenvalue weighted by Gasteiger charge is -2.12. The van der Waals surface area contributed by atoms with Gasteiger partial charge in [0.2, 0.25) is 0 Å². The second kappa shape index (κ2) is 5.34. The number of nitrogens with two attached hydrogens (primary N) is 1. The molecule has 0 fully saturated rings. The molecule has 0 saturated carbocycles. The highest BCUT2D eigenvalue weighted by Gasteiger charge is 2.05. The topological polar surface area (TPSA) is 35.2 Å². The molecule has 0 heterocycles. The Morgan fingerprint density at radius 3 is 2.65 bits per heavy atom. The first-order chi connectivity index (χ1) is 8.20. The summed E-state index contributed by atoms with van der Waals surface area (Å²) in [6.07, 6.45) is 0. The van der Waals surface area contributed by atoms with E-state index in [0.717, 1.165) is 27.1 Å². The zero-order valence-electron chi connectivity index (χ0n) is 9.61. The highest BCUT2D eigenvalue weighted by atomic mass is 79.9. The molecule has 2 rings (SSSR count). The fraction of sp³-hybridized carbons (Fsp3) is 0.143. The van der Waals surface area contributed by atoms with Gasteiger partial charge in [0.05, 0.1) is 0 Å². The monoisotopic (exact) mass is 291 g/mol. The summed E-state index contributed by atoms with van der Waals surface area (Å²) in [5, 5.41) is 0. The highest BCUT2D eigenvalue weighted by molar-refractivity contribution is 9.10. The van der Waals surface area contributed by atoms with E-state index in [4.69, 9.17) is 10.5 Å². The van der Waals surface area contributed by atoms with Gasteiger partial charge >= 0.3 is 0 Å². The van der Waals surface area contributed by atoms with Gasteiger partial charge in [-0.3, -0.25) is 0 Å².